The molecule has 0 radical (unpaired) electrons. The molecule has 1 saturated heterocycles. The molecule has 4 heteroatoms. The van der Waals surface area contributed by atoms with Crippen molar-refractivity contribution < 1.29 is 14.3 Å². The van der Waals surface area contributed by atoms with Crippen molar-refractivity contribution in [2.75, 3.05) is 6.61 Å². The minimum absolute atomic E-state index is 0.207. The molecule has 0 amide bonds. The van der Waals surface area contributed by atoms with Gasteiger partial charge in [-0.05, 0) is 31.9 Å². The van der Waals surface area contributed by atoms with Gasteiger partial charge < -0.3 is 9.47 Å². The van der Waals surface area contributed by atoms with Crippen molar-refractivity contribution in [2.24, 2.45) is 0 Å². The first-order chi connectivity index (χ1) is 7.71. The highest BCUT2D eigenvalue weighted by Gasteiger charge is 2.39. The SMILES string of the molecule is CC1(C(=O)OCc2ccccn2)CCCO1. The van der Waals surface area contributed by atoms with Gasteiger partial charge in [-0.25, -0.2) is 4.79 Å². The predicted molar refractivity (Wildman–Crippen MR) is 57.6 cm³/mol. The highest BCUT2D eigenvalue weighted by Crippen LogP contribution is 2.26. The second-order valence-electron chi connectivity index (χ2n) is 4.08. The first kappa shape index (κ1) is 11.1. The van der Waals surface area contributed by atoms with Gasteiger partial charge in [-0.1, -0.05) is 6.07 Å². The second kappa shape index (κ2) is 4.61. The standard InChI is InChI=1S/C12H15NO3/c1-12(6-4-8-16-12)11(14)15-9-10-5-2-3-7-13-10/h2-3,5,7H,4,6,8-9H2,1H3. The molecule has 16 heavy (non-hydrogen) atoms. The summed E-state index contributed by atoms with van der Waals surface area (Å²) in [5.74, 6) is -0.296. The molecule has 1 fully saturated rings. The lowest BCUT2D eigenvalue weighted by Crippen LogP contribution is -2.35. The highest BCUT2D eigenvalue weighted by atomic mass is 16.6. The summed E-state index contributed by atoms with van der Waals surface area (Å²) in [4.78, 5) is 15.8. The van der Waals surface area contributed by atoms with E-state index < -0.39 is 5.60 Å². The molecule has 0 spiro atoms. The summed E-state index contributed by atoms with van der Waals surface area (Å²) in [5, 5.41) is 0. The van der Waals surface area contributed by atoms with Crippen LogP contribution in [-0.4, -0.2) is 23.2 Å². The van der Waals surface area contributed by atoms with E-state index in [0.29, 0.717) is 6.61 Å². The van der Waals surface area contributed by atoms with E-state index >= 15 is 0 Å². The molecule has 0 saturated carbocycles. The van der Waals surface area contributed by atoms with E-state index in [9.17, 15) is 4.79 Å². The number of carbonyl (C=O) groups is 1. The molecule has 1 unspecified atom stereocenters. The fourth-order valence-electron chi connectivity index (χ4n) is 1.72. The lowest BCUT2D eigenvalue weighted by molar-refractivity contribution is -0.166. The predicted octanol–water partition coefficient (Wildman–Crippen LogP) is 1.69. The molecule has 1 atom stereocenters. The highest BCUT2D eigenvalue weighted by molar-refractivity contribution is 5.79. The molecule has 0 N–H and O–H groups in total. The van der Waals surface area contributed by atoms with E-state index in [1.807, 2.05) is 18.2 Å². The third kappa shape index (κ3) is 2.39. The molecule has 0 bridgehead atoms. The maximum absolute atomic E-state index is 11.8. The maximum Gasteiger partial charge on any atom is 0.338 e. The van der Waals surface area contributed by atoms with Crippen molar-refractivity contribution >= 4 is 5.97 Å². The van der Waals surface area contributed by atoms with Crippen LogP contribution in [0.5, 0.6) is 0 Å². The van der Waals surface area contributed by atoms with Crippen molar-refractivity contribution in [3.8, 4) is 0 Å². The van der Waals surface area contributed by atoms with Gasteiger partial charge in [-0.3, -0.25) is 4.98 Å². The van der Waals surface area contributed by atoms with Gasteiger partial charge in [0.25, 0.3) is 0 Å². The quantitative estimate of drug-likeness (QED) is 0.729. The first-order valence-corrected chi connectivity index (χ1v) is 5.42. The van der Waals surface area contributed by atoms with Crippen LogP contribution in [0.1, 0.15) is 25.5 Å². The van der Waals surface area contributed by atoms with Crippen molar-refractivity contribution in [1.29, 1.82) is 0 Å². The average molecular weight is 221 g/mol. The zero-order valence-corrected chi connectivity index (χ0v) is 9.31. The topological polar surface area (TPSA) is 48.4 Å². The van der Waals surface area contributed by atoms with E-state index in [2.05, 4.69) is 4.98 Å². The Kier molecular flexibility index (Phi) is 3.19. The number of carbonyl (C=O) groups excluding carboxylic acids is 1. The first-order valence-electron chi connectivity index (χ1n) is 5.42. The molecule has 2 heterocycles. The Balaban J connectivity index is 1.89. The molecule has 1 aliphatic heterocycles. The number of ether oxygens (including phenoxy) is 2. The van der Waals surface area contributed by atoms with Gasteiger partial charge in [-0.15, -0.1) is 0 Å². The zero-order valence-electron chi connectivity index (χ0n) is 9.31. The largest absolute Gasteiger partial charge is 0.457 e. The van der Waals surface area contributed by atoms with Gasteiger partial charge in [0.1, 0.15) is 6.61 Å². The van der Waals surface area contributed by atoms with Crippen LogP contribution in [0.15, 0.2) is 24.4 Å². The van der Waals surface area contributed by atoms with Gasteiger partial charge in [-0.2, -0.15) is 0 Å². The van der Waals surface area contributed by atoms with Crippen LogP contribution in [0, 0.1) is 0 Å². The van der Waals surface area contributed by atoms with Gasteiger partial charge >= 0.3 is 5.97 Å². The van der Waals surface area contributed by atoms with Crippen LogP contribution in [0.4, 0.5) is 0 Å². The molecule has 2 rings (SSSR count). The number of esters is 1. The van der Waals surface area contributed by atoms with Crippen molar-refractivity contribution in [3.63, 3.8) is 0 Å². The number of hydrogen-bond donors (Lipinski definition) is 0. The number of rotatable bonds is 3. The Morgan fingerprint density at radius 3 is 3.12 bits per heavy atom. The Morgan fingerprint density at radius 2 is 2.50 bits per heavy atom. The summed E-state index contributed by atoms with van der Waals surface area (Å²) in [5.41, 5.74) is -0.00754. The third-order valence-electron chi connectivity index (χ3n) is 2.73. The molecule has 1 aromatic rings. The normalized spacial score (nSPS) is 24.3. The Labute approximate surface area is 94.6 Å². The third-order valence-corrected chi connectivity index (χ3v) is 2.73. The smallest absolute Gasteiger partial charge is 0.338 e. The monoisotopic (exact) mass is 221 g/mol. The number of pyridine rings is 1. The molecular formula is C12H15NO3. The van der Waals surface area contributed by atoms with E-state index in [0.717, 1.165) is 18.5 Å². The Hall–Kier alpha value is -1.42. The van der Waals surface area contributed by atoms with E-state index in [-0.39, 0.29) is 12.6 Å². The zero-order chi connectivity index (χ0) is 11.4. The molecular weight excluding hydrogens is 206 g/mol. The fourth-order valence-corrected chi connectivity index (χ4v) is 1.72. The number of nitrogens with zero attached hydrogens (tertiary/aromatic N) is 1. The van der Waals surface area contributed by atoms with Gasteiger partial charge in [0, 0.05) is 12.8 Å². The van der Waals surface area contributed by atoms with E-state index in [4.69, 9.17) is 9.47 Å². The van der Waals surface area contributed by atoms with Crippen molar-refractivity contribution in [3.05, 3.63) is 30.1 Å². The van der Waals surface area contributed by atoms with Gasteiger partial charge in [0.15, 0.2) is 5.60 Å². The average Bonchev–Trinajstić information content (AvgIpc) is 2.76. The summed E-state index contributed by atoms with van der Waals surface area (Å²) in [6.45, 7) is 2.62. The van der Waals surface area contributed by atoms with Crippen LogP contribution in [0.3, 0.4) is 0 Å². The molecule has 0 aromatic carbocycles. The van der Waals surface area contributed by atoms with Gasteiger partial charge in [0.2, 0.25) is 0 Å². The fraction of sp³-hybridized carbons (Fsp3) is 0.500. The lowest BCUT2D eigenvalue weighted by atomic mass is 10.0. The van der Waals surface area contributed by atoms with E-state index in [1.165, 1.54) is 0 Å². The van der Waals surface area contributed by atoms with Gasteiger partial charge in [0.05, 0.1) is 5.69 Å². The molecule has 4 nitrogen and oxygen atoms in total. The van der Waals surface area contributed by atoms with Crippen LogP contribution < -0.4 is 0 Å². The Morgan fingerprint density at radius 1 is 1.62 bits per heavy atom. The van der Waals surface area contributed by atoms with E-state index in [1.54, 1.807) is 13.1 Å². The van der Waals surface area contributed by atoms with Crippen molar-refractivity contribution in [2.45, 2.75) is 32.0 Å². The second-order valence-corrected chi connectivity index (χ2v) is 4.08. The number of hydrogen-bond acceptors (Lipinski definition) is 4. The summed E-state index contributed by atoms with van der Waals surface area (Å²) >= 11 is 0. The lowest BCUT2D eigenvalue weighted by Gasteiger charge is -2.20. The molecule has 0 aliphatic carbocycles. The maximum atomic E-state index is 11.8. The summed E-state index contributed by atoms with van der Waals surface area (Å²) in [6, 6.07) is 5.52. The molecule has 1 aromatic heterocycles. The van der Waals surface area contributed by atoms with Crippen molar-refractivity contribution in [1.82, 2.24) is 4.98 Å². The Bertz CT molecular complexity index is 358. The molecule has 1 aliphatic rings. The molecule has 86 valence electrons. The number of aromatic nitrogens is 1. The van der Waals surface area contributed by atoms with Crippen LogP contribution >= 0.6 is 0 Å². The minimum Gasteiger partial charge on any atom is -0.457 e. The van der Waals surface area contributed by atoms with Crippen LogP contribution in [0.25, 0.3) is 0 Å². The van der Waals surface area contributed by atoms with Crippen LogP contribution in [0.2, 0.25) is 0 Å². The summed E-state index contributed by atoms with van der Waals surface area (Å²) < 4.78 is 10.6. The van der Waals surface area contributed by atoms with Crippen LogP contribution in [-0.2, 0) is 20.9 Å². The summed E-state index contributed by atoms with van der Waals surface area (Å²) in [6.07, 6.45) is 3.32. The summed E-state index contributed by atoms with van der Waals surface area (Å²) in [7, 11) is 0. The minimum atomic E-state index is -0.755.